The zero-order valence-corrected chi connectivity index (χ0v) is 13.4. The second kappa shape index (κ2) is 4.97. The van der Waals surface area contributed by atoms with Crippen molar-refractivity contribution in [2.24, 2.45) is 5.22 Å². The molecule has 0 unspecified atom stereocenters. The average Bonchev–Trinajstić information content (AvgIpc) is 2.61. The van der Waals surface area contributed by atoms with Gasteiger partial charge in [-0.3, -0.25) is 0 Å². The molecular formula is C9H15F6N6OP. The van der Waals surface area contributed by atoms with Gasteiger partial charge in [0, 0.05) is 39.1 Å². The van der Waals surface area contributed by atoms with Gasteiger partial charge in [0.2, 0.25) is 0 Å². The van der Waals surface area contributed by atoms with Crippen LogP contribution in [0.4, 0.5) is 36.7 Å². The number of halogens is 6. The molecule has 134 valence electrons. The molecule has 1 aliphatic heterocycles. The predicted molar refractivity (Wildman–Crippen MR) is 72.7 cm³/mol. The zero-order chi connectivity index (χ0) is 18.3. The van der Waals surface area contributed by atoms with E-state index in [1.807, 2.05) is 44.3 Å². The van der Waals surface area contributed by atoms with Crippen LogP contribution in [-0.2, 0) is 0 Å². The van der Waals surface area contributed by atoms with Crippen LogP contribution in [0, 0.1) is 5.21 Å². The fourth-order valence-electron chi connectivity index (χ4n) is 1.92. The molecule has 0 amide bonds. The Hall–Kier alpha value is -1.56. The van der Waals surface area contributed by atoms with E-state index in [9.17, 15) is 30.4 Å². The molecule has 0 atom stereocenters. The van der Waals surface area contributed by atoms with Crippen molar-refractivity contribution in [3.63, 3.8) is 0 Å². The number of aromatic nitrogens is 1. The number of nitrogens with zero attached hydrogens (tertiary/aromatic N) is 6. The van der Waals surface area contributed by atoms with Gasteiger partial charge in [-0.1, -0.05) is 4.86 Å². The molecule has 1 aromatic rings. The Morgan fingerprint density at radius 1 is 1.04 bits per heavy atom. The molecule has 23 heavy (non-hydrogen) atoms. The van der Waals surface area contributed by atoms with Crippen LogP contribution in [-0.4, -0.2) is 48.1 Å². The fraction of sp³-hybridized carbons (Fsp3) is 0.444. The third-order valence-electron chi connectivity index (χ3n) is 2.59. The quantitative estimate of drug-likeness (QED) is 0.258. The van der Waals surface area contributed by atoms with E-state index in [-0.39, 0.29) is 4.81 Å². The Bertz CT molecular complexity index is 611. The van der Waals surface area contributed by atoms with E-state index in [4.69, 9.17) is 0 Å². The van der Waals surface area contributed by atoms with E-state index >= 15 is 0 Å². The van der Waals surface area contributed by atoms with Crippen LogP contribution in [0.3, 0.4) is 0 Å². The van der Waals surface area contributed by atoms with Crippen molar-refractivity contribution in [1.82, 2.24) is 19.8 Å². The number of quaternary nitrogens is 1. The van der Waals surface area contributed by atoms with Crippen LogP contribution in [0.15, 0.2) is 23.6 Å². The first-order valence-corrected chi connectivity index (χ1v) is 7.95. The van der Waals surface area contributed by atoms with Gasteiger partial charge in [-0.15, -0.1) is 10.0 Å². The molecule has 0 spiro atoms. The van der Waals surface area contributed by atoms with Gasteiger partial charge in [-0.25, -0.2) is 0 Å². The molecule has 14 heteroatoms. The van der Waals surface area contributed by atoms with Crippen LogP contribution >= 0.6 is 7.81 Å². The summed E-state index contributed by atoms with van der Waals surface area (Å²) >= 11 is 0. The van der Waals surface area contributed by atoms with Crippen molar-refractivity contribution in [3.05, 3.63) is 23.5 Å². The summed E-state index contributed by atoms with van der Waals surface area (Å²) in [6, 6.07) is 3.65. The Morgan fingerprint density at radius 3 is 1.87 bits per heavy atom. The Kier molecular flexibility index (Phi) is 4.21. The summed E-state index contributed by atoms with van der Waals surface area (Å²) in [5.74, 6) is 0.338. The molecule has 1 aromatic heterocycles. The van der Waals surface area contributed by atoms with Crippen molar-refractivity contribution in [2.75, 3.05) is 28.2 Å². The monoisotopic (exact) mass is 368 g/mol. The molecule has 2 rings (SSSR count). The molecule has 0 saturated heterocycles. The second-order valence-electron chi connectivity index (χ2n) is 4.93. The molecule has 0 N–H and O–H groups in total. The minimum absolute atomic E-state index is 0.00727. The Labute approximate surface area is 127 Å². The first-order valence-electron chi connectivity index (χ1n) is 5.92. The number of hydrogen-bond acceptors (Lipinski definition) is 5. The molecule has 0 saturated carbocycles. The van der Waals surface area contributed by atoms with Gasteiger partial charge in [0.25, 0.3) is 5.69 Å². The normalized spacial score (nSPS) is 19.4. The van der Waals surface area contributed by atoms with E-state index in [2.05, 4.69) is 10.2 Å². The molecule has 0 aromatic carbocycles. The van der Waals surface area contributed by atoms with Gasteiger partial charge in [0.15, 0.2) is 5.22 Å². The third-order valence-corrected chi connectivity index (χ3v) is 2.59. The topological polar surface area (TPSA) is 57.8 Å². The van der Waals surface area contributed by atoms with Crippen LogP contribution < -0.4 is 4.81 Å². The molecule has 0 aliphatic carbocycles. The Balaban J connectivity index is 0.000000322. The SMILES string of the molecule is CN(C)[N+]1(N(C)C)N=[N+]([O-])c2ncccc21.F[P-](F)(F)(F)(F)F. The summed E-state index contributed by atoms with van der Waals surface area (Å²) in [4.78, 5) is 4.61. The molecule has 1 aliphatic rings. The zero-order valence-electron chi connectivity index (χ0n) is 12.5. The summed E-state index contributed by atoms with van der Waals surface area (Å²) in [7, 11) is -3.22. The fourth-order valence-corrected chi connectivity index (χ4v) is 1.92. The van der Waals surface area contributed by atoms with Crippen molar-refractivity contribution in [3.8, 4) is 0 Å². The maximum absolute atomic E-state index is 11.7. The Morgan fingerprint density at radius 2 is 1.48 bits per heavy atom. The molecule has 7 nitrogen and oxygen atoms in total. The van der Waals surface area contributed by atoms with Crippen molar-refractivity contribution in [1.29, 1.82) is 0 Å². The molecular weight excluding hydrogens is 353 g/mol. The number of fused-ring (bicyclic) bond motifs is 1. The molecule has 0 radical (unpaired) electrons. The van der Waals surface area contributed by atoms with Crippen molar-refractivity contribution < 1.29 is 30.0 Å². The van der Waals surface area contributed by atoms with Crippen LogP contribution in [0.25, 0.3) is 0 Å². The van der Waals surface area contributed by atoms with Crippen molar-refractivity contribution in [2.45, 2.75) is 0 Å². The molecule has 0 bridgehead atoms. The van der Waals surface area contributed by atoms with Crippen LogP contribution in [0.1, 0.15) is 0 Å². The maximum atomic E-state index is 11.7. The van der Waals surface area contributed by atoms with E-state index in [1.54, 1.807) is 12.3 Å². The van der Waals surface area contributed by atoms with Crippen molar-refractivity contribution >= 4 is 19.3 Å². The van der Waals surface area contributed by atoms with Crippen LogP contribution in [0.5, 0.6) is 0 Å². The summed E-state index contributed by atoms with van der Waals surface area (Å²) in [5, 5.41) is 19.5. The number of rotatable bonds is 2. The van der Waals surface area contributed by atoms with Gasteiger partial charge in [-0.2, -0.15) is 0 Å². The number of hydrogen-bond donors (Lipinski definition) is 0. The first kappa shape index (κ1) is 19.5. The number of pyridine rings is 1. The predicted octanol–water partition coefficient (Wildman–Crippen LogP) is 4.25. The summed E-state index contributed by atoms with van der Waals surface area (Å²) in [6.07, 6.45) is 1.59. The summed E-state index contributed by atoms with van der Waals surface area (Å²) in [5.41, 5.74) is 0.743. The summed E-state index contributed by atoms with van der Waals surface area (Å²) < 4.78 is 59.2. The van der Waals surface area contributed by atoms with E-state index < -0.39 is 7.81 Å². The third kappa shape index (κ3) is 5.23. The molecule has 2 heterocycles. The summed E-state index contributed by atoms with van der Waals surface area (Å²) in [6.45, 7) is 0. The van der Waals surface area contributed by atoms with Gasteiger partial charge in [0.05, 0.1) is 0 Å². The van der Waals surface area contributed by atoms with Gasteiger partial charge in [0.1, 0.15) is 6.20 Å². The standard InChI is InChI=1S/C9H15N6O.F6P/c1-12(2)15(13(3)4)8-6-5-7-10-9(8)14(16)11-15;1-7(2,3,4,5)6/h5-7H,1-4H3;/q+1;-1. The molecule has 0 fully saturated rings. The average molecular weight is 368 g/mol. The van der Waals surface area contributed by atoms with Gasteiger partial charge in [-0.05, 0) is 11.1 Å². The van der Waals surface area contributed by atoms with E-state index in [1.165, 1.54) is 0 Å². The second-order valence-corrected chi connectivity index (χ2v) is 6.85. The minimum atomic E-state index is -10.7. The van der Waals surface area contributed by atoms with Crippen LogP contribution in [0.2, 0.25) is 0 Å². The van der Waals surface area contributed by atoms with Gasteiger partial charge < -0.3 is 5.21 Å². The van der Waals surface area contributed by atoms with E-state index in [0.29, 0.717) is 10.7 Å². The first-order chi connectivity index (χ1) is 9.95. The van der Waals surface area contributed by atoms with E-state index in [0.717, 1.165) is 5.69 Å². The van der Waals surface area contributed by atoms with Gasteiger partial charge >= 0.3 is 38.8 Å².